The van der Waals surface area contributed by atoms with Crippen molar-refractivity contribution in [1.82, 2.24) is 9.97 Å². The lowest BCUT2D eigenvalue weighted by Crippen LogP contribution is -2.28. The maximum atomic E-state index is 11.5. The fraction of sp³-hybridized carbons (Fsp3) is 0.471. The van der Waals surface area contributed by atoms with Crippen molar-refractivity contribution in [1.29, 1.82) is 0 Å². The van der Waals surface area contributed by atoms with E-state index < -0.39 is 5.97 Å². The number of carboxylic acid groups (broad SMARTS) is 1. The molecule has 0 unspecified atom stereocenters. The SMILES string of the molecule is CC(C)(C)c1ncc([C@@H]2C(C(=O)O)=CC=CC2(C)C)cn1. The molecule has 4 nitrogen and oxygen atoms in total. The van der Waals surface area contributed by atoms with Crippen LogP contribution >= 0.6 is 0 Å². The summed E-state index contributed by atoms with van der Waals surface area (Å²) in [4.78, 5) is 20.4. The van der Waals surface area contributed by atoms with E-state index >= 15 is 0 Å². The second-order valence-electron chi connectivity index (χ2n) is 7.13. The van der Waals surface area contributed by atoms with Crippen molar-refractivity contribution < 1.29 is 9.90 Å². The molecule has 0 fully saturated rings. The fourth-order valence-electron chi connectivity index (χ4n) is 2.67. The minimum Gasteiger partial charge on any atom is -0.478 e. The van der Waals surface area contributed by atoms with E-state index in [1.165, 1.54) is 0 Å². The number of carboxylic acids is 1. The standard InChI is InChI=1S/C17H22N2O2/c1-16(2,3)15-18-9-11(10-19-15)13-12(14(20)21)7-6-8-17(13,4)5/h6-10,13H,1-5H3,(H,20,21)/t13-/m1/s1. The van der Waals surface area contributed by atoms with Crippen LogP contribution in [0.2, 0.25) is 0 Å². The summed E-state index contributed by atoms with van der Waals surface area (Å²) in [5, 5.41) is 9.44. The third kappa shape index (κ3) is 3.04. The van der Waals surface area contributed by atoms with E-state index in [-0.39, 0.29) is 16.7 Å². The Labute approximate surface area is 125 Å². The largest absolute Gasteiger partial charge is 0.478 e. The molecule has 1 aliphatic carbocycles. The minimum absolute atomic E-state index is 0.119. The Morgan fingerprint density at radius 2 is 1.81 bits per heavy atom. The summed E-state index contributed by atoms with van der Waals surface area (Å²) in [7, 11) is 0. The Kier molecular flexibility index (Phi) is 3.74. The second-order valence-corrected chi connectivity index (χ2v) is 7.13. The normalized spacial score (nSPS) is 21.0. The molecule has 0 spiro atoms. The van der Waals surface area contributed by atoms with Crippen molar-refractivity contribution in [3.63, 3.8) is 0 Å². The fourth-order valence-corrected chi connectivity index (χ4v) is 2.67. The topological polar surface area (TPSA) is 63.1 Å². The average molecular weight is 286 g/mol. The van der Waals surface area contributed by atoms with Crippen LogP contribution in [0.4, 0.5) is 0 Å². The molecule has 1 aromatic heterocycles. The third-order valence-corrected chi connectivity index (χ3v) is 3.78. The van der Waals surface area contributed by atoms with Crippen LogP contribution < -0.4 is 0 Å². The predicted molar refractivity (Wildman–Crippen MR) is 82.1 cm³/mol. The molecule has 2 rings (SSSR count). The van der Waals surface area contributed by atoms with Crippen LogP contribution in [0.3, 0.4) is 0 Å². The number of aliphatic carboxylic acids is 1. The number of allylic oxidation sites excluding steroid dienone is 3. The van der Waals surface area contributed by atoms with Gasteiger partial charge in [-0.05, 0) is 11.0 Å². The van der Waals surface area contributed by atoms with Gasteiger partial charge < -0.3 is 5.11 Å². The molecule has 0 saturated heterocycles. The van der Waals surface area contributed by atoms with Gasteiger partial charge in [0.25, 0.3) is 0 Å². The van der Waals surface area contributed by atoms with Gasteiger partial charge in [-0.3, -0.25) is 0 Å². The highest BCUT2D eigenvalue weighted by Crippen LogP contribution is 2.44. The summed E-state index contributed by atoms with van der Waals surface area (Å²) in [5.41, 5.74) is 0.821. The Morgan fingerprint density at radius 1 is 1.24 bits per heavy atom. The Hall–Kier alpha value is -1.97. The first-order valence-corrected chi connectivity index (χ1v) is 7.08. The molecule has 1 heterocycles. The quantitative estimate of drug-likeness (QED) is 0.904. The molecular weight excluding hydrogens is 264 g/mol. The van der Waals surface area contributed by atoms with Crippen LogP contribution in [0.15, 0.2) is 36.2 Å². The second kappa shape index (κ2) is 5.10. The number of rotatable bonds is 2. The molecule has 0 saturated carbocycles. The monoisotopic (exact) mass is 286 g/mol. The maximum absolute atomic E-state index is 11.5. The first kappa shape index (κ1) is 15.4. The van der Waals surface area contributed by atoms with E-state index in [0.29, 0.717) is 5.57 Å². The average Bonchev–Trinajstić information content (AvgIpc) is 2.36. The van der Waals surface area contributed by atoms with Crippen molar-refractivity contribution in [2.24, 2.45) is 5.41 Å². The van der Waals surface area contributed by atoms with Gasteiger partial charge in [-0.15, -0.1) is 0 Å². The van der Waals surface area contributed by atoms with Crippen LogP contribution in [-0.2, 0) is 10.2 Å². The van der Waals surface area contributed by atoms with Gasteiger partial charge in [-0.2, -0.15) is 0 Å². The highest BCUT2D eigenvalue weighted by Gasteiger charge is 2.37. The van der Waals surface area contributed by atoms with E-state index in [2.05, 4.69) is 30.7 Å². The molecule has 0 radical (unpaired) electrons. The third-order valence-electron chi connectivity index (χ3n) is 3.78. The van der Waals surface area contributed by atoms with Crippen LogP contribution in [0.1, 0.15) is 51.9 Å². The van der Waals surface area contributed by atoms with Gasteiger partial charge in [0.15, 0.2) is 0 Å². The van der Waals surface area contributed by atoms with Crippen molar-refractivity contribution in [3.8, 4) is 0 Å². The zero-order valence-corrected chi connectivity index (χ0v) is 13.2. The smallest absolute Gasteiger partial charge is 0.332 e. The Morgan fingerprint density at radius 3 is 2.29 bits per heavy atom. The van der Waals surface area contributed by atoms with Crippen LogP contribution in [0, 0.1) is 5.41 Å². The number of hydrogen-bond acceptors (Lipinski definition) is 3. The van der Waals surface area contributed by atoms with Crippen LogP contribution in [0.5, 0.6) is 0 Å². The lowest BCUT2D eigenvalue weighted by molar-refractivity contribution is -0.133. The van der Waals surface area contributed by atoms with Gasteiger partial charge in [0.05, 0.1) is 0 Å². The van der Waals surface area contributed by atoms with E-state index in [1.54, 1.807) is 18.5 Å². The van der Waals surface area contributed by atoms with E-state index in [0.717, 1.165) is 11.4 Å². The van der Waals surface area contributed by atoms with Gasteiger partial charge in [-0.1, -0.05) is 52.8 Å². The first-order valence-electron chi connectivity index (χ1n) is 7.08. The predicted octanol–water partition coefficient (Wildman–Crippen LogP) is 3.46. The highest BCUT2D eigenvalue weighted by molar-refractivity contribution is 5.89. The van der Waals surface area contributed by atoms with Crippen molar-refractivity contribution in [2.45, 2.75) is 46.0 Å². The highest BCUT2D eigenvalue weighted by atomic mass is 16.4. The van der Waals surface area contributed by atoms with Crippen molar-refractivity contribution >= 4 is 5.97 Å². The minimum atomic E-state index is -0.891. The van der Waals surface area contributed by atoms with Gasteiger partial charge in [0.2, 0.25) is 0 Å². The number of hydrogen-bond donors (Lipinski definition) is 1. The van der Waals surface area contributed by atoms with Gasteiger partial charge in [0, 0.05) is 29.3 Å². The molecule has 0 amide bonds. The molecule has 4 heteroatoms. The lowest BCUT2D eigenvalue weighted by atomic mass is 9.69. The summed E-state index contributed by atoms with van der Waals surface area (Å²) in [6.07, 6.45) is 9.02. The molecule has 112 valence electrons. The van der Waals surface area contributed by atoms with E-state index in [4.69, 9.17) is 0 Å². The number of aromatic nitrogens is 2. The summed E-state index contributed by atoms with van der Waals surface area (Å²) < 4.78 is 0. The summed E-state index contributed by atoms with van der Waals surface area (Å²) in [5.74, 6) is -0.373. The molecule has 1 aromatic rings. The molecule has 0 aliphatic heterocycles. The molecule has 0 bridgehead atoms. The van der Waals surface area contributed by atoms with Crippen LogP contribution in [-0.4, -0.2) is 21.0 Å². The lowest BCUT2D eigenvalue weighted by Gasteiger charge is -2.34. The van der Waals surface area contributed by atoms with Gasteiger partial charge in [0.1, 0.15) is 5.82 Å². The molecule has 1 aliphatic rings. The van der Waals surface area contributed by atoms with Crippen molar-refractivity contribution in [3.05, 3.63) is 47.6 Å². The molecule has 1 N–H and O–H groups in total. The summed E-state index contributed by atoms with van der Waals surface area (Å²) >= 11 is 0. The summed E-state index contributed by atoms with van der Waals surface area (Å²) in [6, 6.07) is 0. The van der Waals surface area contributed by atoms with Crippen LogP contribution in [0.25, 0.3) is 0 Å². The Balaban J connectivity index is 2.45. The maximum Gasteiger partial charge on any atom is 0.332 e. The first-order chi connectivity index (χ1) is 9.63. The molecule has 1 atom stereocenters. The zero-order chi connectivity index (χ0) is 15.8. The molecule has 21 heavy (non-hydrogen) atoms. The van der Waals surface area contributed by atoms with E-state index in [9.17, 15) is 9.90 Å². The Bertz CT molecular complexity index is 605. The number of carbonyl (C=O) groups is 1. The van der Waals surface area contributed by atoms with E-state index in [1.807, 2.05) is 26.0 Å². The number of nitrogens with zero attached hydrogens (tertiary/aromatic N) is 2. The summed E-state index contributed by atoms with van der Waals surface area (Å²) in [6.45, 7) is 10.2. The molecular formula is C17H22N2O2. The molecule has 0 aromatic carbocycles. The van der Waals surface area contributed by atoms with Gasteiger partial charge >= 0.3 is 5.97 Å². The zero-order valence-electron chi connectivity index (χ0n) is 13.2. The van der Waals surface area contributed by atoms with Crippen molar-refractivity contribution in [2.75, 3.05) is 0 Å². The van der Waals surface area contributed by atoms with Gasteiger partial charge in [-0.25, -0.2) is 14.8 Å².